The first-order valence-electron chi connectivity index (χ1n) is 9.38. The van der Waals surface area contributed by atoms with Gasteiger partial charge in [0.1, 0.15) is 6.04 Å². The maximum absolute atomic E-state index is 13.4. The molecule has 0 aliphatic carbocycles. The largest absolute Gasteiger partial charge is 0.274 e. The summed E-state index contributed by atoms with van der Waals surface area (Å²) in [6.07, 6.45) is 0.925. The predicted molar refractivity (Wildman–Crippen MR) is 108 cm³/mol. The molecule has 3 aliphatic rings. The molecule has 3 fully saturated rings. The van der Waals surface area contributed by atoms with Crippen molar-refractivity contribution in [1.82, 2.24) is 10.0 Å². The number of imide groups is 1. The summed E-state index contributed by atoms with van der Waals surface area (Å²) < 4.78 is 0.945. The van der Waals surface area contributed by atoms with Crippen LogP contribution in [0.4, 0.5) is 11.4 Å². The first-order valence-corrected chi connectivity index (χ1v) is 10.2. The van der Waals surface area contributed by atoms with Crippen LogP contribution in [-0.2, 0) is 9.59 Å². The molecule has 148 valence electrons. The first-order chi connectivity index (χ1) is 14.0. The van der Waals surface area contributed by atoms with Gasteiger partial charge in [0.05, 0.1) is 22.6 Å². The Hall–Kier alpha value is -2.62. The molecule has 0 bridgehead atoms. The molecule has 3 atom stereocenters. The van der Waals surface area contributed by atoms with E-state index in [4.69, 9.17) is 0 Å². The van der Waals surface area contributed by atoms with Crippen LogP contribution in [0.2, 0.25) is 0 Å². The summed E-state index contributed by atoms with van der Waals surface area (Å²) in [7, 11) is 0. The highest BCUT2D eigenvalue weighted by molar-refractivity contribution is 9.10. The second-order valence-corrected chi connectivity index (χ2v) is 8.35. The molecule has 5 rings (SSSR count). The molecule has 3 saturated heterocycles. The molecule has 3 heterocycles. The number of hydrazine groups is 1. The number of amides is 2. The van der Waals surface area contributed by atoms with Crippen LogP contribution in [0, 0.1) is 16.0 Å². The number of nitrogens with zero attached hydrogens (tertiary/aromatic N) is 4. The summed E-state index contributed by atoms with van der Waals surface area (Å²) in [4.78, 5) is 38.5. The molecule has 2 aromatic rings. The van der Waals surface area contributed by atoms with E-state index in [2.05, 4.69) is 20.9 Å². The summed E-state index contributed by atoms with van der Waals surface area (Å²) in [6.45, 7) is 1.51. The third-order valence-electron chi connectivity index (χ3n) is 5.92. The Morgan fingerprint density at radius 2 is 1.66 bits per heavy atom. The zero-order valence-corrected chi connectivity index (χ0v) is 16.9. The lowest BCUT2D eigenvalue weighted by atomic mass is 9.90. The zero-order valence-electron chi connectivity index (χ0n) is 15.3. The first kappa shape index (κ1) is 18.4. The minimum Gasteiger partial charge on any atom is -0.274 e. The van der Waals surface area contributed by atoms with Crippen molar-refractivity contribution in [3.63, 3.8) is 0 Å². The molecule has 0 saturated carbocycles. The normalized spacial score (nSPS) is 26.8. The van der Waals surface area contributed by atoms with Crippen molar-refractivity contribution in [3.05, 3.63) is 68.7 Å². The third kappa shape index (κ3) is 2.72. The fraction of sp³-hybridized carbons (Fsp3) is 0.300. The number of rotatable bonds is 3. The van der Waals surface area contributed by atoms with Crippen molar-refractivity contribution in [2.75, 3.05) is 18.0 Å². The van der Waals surface area contributed by atoms with Gasteiger partial charge in [0.2, 0.25) is 5.91 Å². The number of carbonyl (C=O) groups excluding carboxylic acids is 2. The van der Waals surface area contributed by atoms with E-state index in [0.29, 0.717) is 0 Å². The number of benzene rings is 2. The Kier molecular flexibility index (Phi) is 4.27. The number of anilines is 1. The van der Waals surface area contributed by atoms with Crippen LogP contribution >= 0.6 is 15.9 Å². The minimum atomic E-state index is -0.571. The Balaban J connectivity index is 1.57. The zero-order chi connectivity index (χ0) is 20.3. The van der Waals surface area contributed by atoms with E-state index in [-0.39, 0.29) is 29.2 Å². The average molecular weight is 457 g/mol. The summed E-state index contributed by atoms with van der Waals surface area (Å²) >= 11 is 3.44. The van der Waals surface area contributed by atoms with Gasteiger partial charge in [0.15, 0.2) is 0 Å². The molecule has 0 N–H and O–H groups in total. The molecule has 0 aromatic heterocycles. The summed E-state index contributed by atoms with van der Waals surface area (Å²) in [6, 6.07) is 12.7. The molecule has 0 spiro atoms. The van der Waals surface area contributed by atoms with Crippen molar-refractivity contribution in [1.29, 1.82) is 0 Å². The van der Waals surface area contributed by atoms with Gasteiger partial charge in [0, 0.05) is 29.7 Å². The fourth-order valence-electron chi connectivity index (χ4n) is 4.77. The third-order valence-corrected chi connectivity index (χ3v) is 6.44. The van der Waals surface area contributed by atoms with E-state index in [1.165, 1.54) is 18.2 Å². The Morgan fingerprint density at radius 1 is 0.966 bits per heavy atom. The van der Waals surface area contributed by atoms with E-state index >= 15 is 0 Å². The lowest BCUT2D eigenvalue weighted by Gasteiger charge is -2.29. The van der Waals surface area contributed by atoms with E-state index in [1.807, 2.05) is 29.3 Å². The summed E-state index contributed by atoms with van der Waals surface area (Å²) in [5, 5.41) is 15.3. The van der Waals surface area contributed by atoms with Crippen LogP contribution in [0.3, 0.4) is 0 Å². The summed E-state index contributed by atoms with van der Waals surface area (Å²) in [5.74, 6) is -1.15. The van der Waals surface area contributed by atoms with Gasteiger partial charge in [0.25, 0.3) is 11.6 Å². The Morgan fingerprint density at radius 3 is 2.34 bits per heavy atom. The van der Waals surface area contributed by atoms with Crippen LogP contribution in [0.25, 0.3) is 0 Å². The second-order valence-electron chi connectivity index (χ2n) is 7.44. The number of nitro groups is 1. The average Bonchev–Trinajstić information content (AvgIpc) is 3.35. The van der Waals surface area contributed by atoms with E-state index in [1.54, 1.807) is 6.07 Å². The molecule has 0 unspecified atom stereocenters. The van der Waals surface area contributed by atoms with Crippen LogP contribution in [0.15, 0.2) is 53.0 Å². The Labute approximate surface area is 174 Å². The van der Waals surface area contributed by atoms with Gasteiger partial charge in [-0.1, -0.05) is 34.1 Å². The second kappa shape index (κ2) is 6.72. The Bertz CT molecular complexity index is 1030. The number of non-ortho nitro benzene ring substituents is 1. The highest BCUT2D eigenvalue weighted by Crippen LogP contribution is 2.49. The van der Waals surface area contributed by atoms with Crippen LogP contribution in [0.5, 0.6) is 0 Å². The molecule has 29 heavy (non-hydrogen) atoms. The highest BCUT2D eigenvalue weighted by Gasteiger charge is 2.62. The molecule has 2 amide bonds. The lowest BCUT2D eigenvalue weighted by molar-refractivity contribution is -0.384. The minimum absolute atomic E-state index is 0.146. The number of carbonyl (C=O) groups is 2. The van der Waals surface area contributed by atoms with Gasteiger partial charge in [-0.05, 0) is 30.2 Å². The van der Waals surface area contributed by atoms with Gasteiger partial charge in [-0.2, -0.15) is 0 Å². The highest BCUT2D eigenvalue weighted by atomic mass is 79.9. The number of hydrogen-bond donors (Lipinski definition) is 0. The van der Waals surface area contributed by atoms with Crippen molar-refractivity contribution in [2.45, 2.75) is 18.5 Å². The van der Waals surface area contributed by atoms with Crippen LogP contribution < -0.4 is 4.90 Å². The smallest absolute Gasteiger partial charge is 0.271 e. The number of hydrogen-bond acceptors (Lipinski definition) is 6. The van der Waals surface area contributed by atoms with Crippen molar-refractivity contribution < 1.29 is 14.5 Å². The fourth-order valence-corrected chi connectivity index (χ4v) is 5.04. The van der Waals surface area contributed by atoms with Gasteiger partial charge in [-0.25, -0.2) is 14.9 Å². The summed E-state index contributed by atoms with van der Waals surface area (Å²) in [5.41, 5.74) is 1.09. The standard InChI is InChI=1S/C20H17BrN4O4/c21-13-7-5-12(6-8-13)17-16-18(23-10-2-9-22(17)23)20(27)24(19(16)26)14-3-1-4-15(11-14)25(28)29/h1,3-8,11,16-18H,2,9-10H2/t16-,17+,18-/m0/s1. The van der Waals surface area contributed by atoms with E-state index < -0.39 is 16.9 Å². The number of nitro benzene ring substituents is 1. The van der Waals surface area contributed by atoms with Crippen LogP contribution in [-0.4, -0.2) is 45.9 Å². The molecule has 0 radical (unpaired) electrons. The molecule has 3 aliphatic heterocycles. The van der Waals surface area contributed by atoms with Crippen LogP contribution in [0.1, 0.15) is 18.0 Å². The van der Waals surface area contributed by atoms with Gasteiger partial charge >= 0.3 is 0 Å². The van der Waals surface area contributed by atoms with E-state index in [0.717, 1.165) is 34.4 Å². The number of fused-ring (bicyclic) bond motifs is 3. The molecule has 9 heteroatoms. The predicted octanol–water partition coefficient (Wildman–Crippen LogP) is 2.89. The van der Waals surface area contributed by atoms with Gasteiger partial charge in [-0.15, -0.1) is 0 Å². The quantitative estimate of drug-likeness (QED) is 0.400. The van der Waals surface area contributed by atoms with Crippen molar-refractivity contribution in [3.8, 4) is 0 Å². The topological polar surface area (TPSA) is 87.0 Å². The lowest BCUT2D eigenvalue weighted by Crippen LogP contribution is -2.44. The molecule has 2 aromatic carbocycles. The van der Waals surface area contributed by atoms with Crippen molar-refractivity contribution in [2.24, 2.45) is 5.92 Å². The van der Waals surface area contributed by atoms with Gasteiger partial charge < -0.3 is 0 Å². The monoisotopic (exact) mass is 456 g/mol. The van der Waals surface area contributed by atoms with E-state index in [9.17, 15) is 19.7 Å². The van der Waals surface area contributed by atoms with Crippen molar-refractivity contribution >= 4 is 39.1 Å². The maximum atomic E-state index is 13.4. The maximum Gasteiger partial charge on any atom is 0.271 e. The molecular formula is C20H17BrN4O4. The van der Waals surface area contributed by atoms with Gasteiger partial charge in [-0.3, -0.25) is 19.7 Å². The number of halogens is 1. The SMILES string of the molecule is O=C1[C@@H]2[C@@H](C(=O)N1c1cccc([N+](=O)[O-])c1)N1CCCN1[C@@H]2c1ccc(Br)cc1. The molecular weight excluding hydrogens is 440 g/mol. The molecule has 8 nitrogen and oxygen atoms in total.